The zero-order chi connectivity index (χ0) is 12.3. The molecule has 3 atom stereocenters. The predicted octanol–water partition coefficient (Wildman–Crippen LogP) is 1.28. The van der Waals surface area contributed by atoms with Crippen molar-refractivity contribution in [2.75, 3.05) is 13.1 Å². The molecule has 0 saturated carbocycles. The van der Waals surface area contributed by atoms with Gasteiger partial charge in [0, 0.05) is 19.1 Å². The van der Waals surface area contributed by atoms with E-state index in [0.717, 1.165) is 32.2 Å². The number of carbonyl (C=O) groups excluding carboxylic acids is 1. The molecular weight excluding hydrogens is 216 g/mol. The first-order valence-corrected chi connectivity index (χ1v) is 6.88. The maximum Gasteiger partial charge on any atom is 0.251 e. The van der Waals surface area contributed by atoms with E-state index in [9.17, 15) is 4.79 Å². The van der Waals surface area contributed by atoms with Crippen molar-refractivity contribution in [1.82, 2.24) is 4.90 Å². The number of amides is 1. The summed E-state index contributed by atoms with van der Waals surface area (Å²) in [4.78, 5) is 14.4. The number of carbonyl (C=O) groups is 1. The third-order valence-corrected chi connectivity index (χ3v) is 3.98. The predicted molar refractivity (Wildman–Crippen MR) is 66.6 cm³/mol. The maximum absolute atomic E-state index is 12.4. The third kappa shape index (κ3) is 2.99. The quantitative estimate of drug-likeness (QED) is 0.791. The van der Waals surface area contributed by atoms with Crippen LogP contribution >= 0.6 is 0 Å². The van der Waals surface area contributed by atoms with Gasteiger partial charge in [-0.3, -0.25) is 4.79 Å². The number of ether oxygens (including phenoxy) is 1. The molecular formula is C13H24N2O2. The van der Waals surface area contributed by atoms with Gasteiger partial charge in [0.2, 0.25) is 0 Å². The van der Waals surface area contributed by atoms with Gasteiger partial charge in [0.1, 0.15) is 6.10 Å². The van der Waals surface area contributed by atoms with E-state index in [1.807, 2.05) is 4.90 Å². The van der Waals surface area contributed by atoms with Crippen LogP contribution in [-0.2, 0) is 9.53 Å². The average Bonchev–Trinajstić information content (AvgIpc) is 2.71. The fraction of sp³-hybridized carbons (Fsp3) is 0.923. The van der Waals surface area contributed by atoms with Crippen molar-refractivity contribution in [3.63, 3.8) is 0 Å². The first kappa shape index (κ1) is 12.8. The number of nitrogens with two attached hydrogens (primary N) is 1. The molecule has 2 rings (SSSR count). The van der Waals surface area contributed by atoms with Crippen LogP contribution in [0.5, 0.6) is 0 Å². The first-order chi connectivity index (χ1) is 8.22. The summed E-state index contributed by atoms with van der Waals surface area (Å²) in [5.41, 5.74) is 5.58. The number of hydrogen-bond acceptors (Lipinski definition) is 3. The summed E-state index contributed by atoms with van der Waals surface area (Å²) in [5.74, 6) is 0.190. The van der Waals surface area contributed by atoms with Crippen molar-refractivity contribution in [2.45, 2.75) is 63.7 Å². The van der Waals surface area contributed by atoms with Gasteiger partial charge in [0.25, 0.3) is 5.91 Å². The fourth-order valence-corrected chi connectivity index (χ4v) is 2.85. The Hall–Kier alpha value is -0.610. The smallest absolute Gasteiger partial charge is 0.251 e. The van der Waals surface area contributed by atoms with Crippen LogP contribution in [0.15, 0.2) is 0 Å². The summed E-state index contributed by atoms with van der Waals surface area (Å²) in [6.07, 6.45) is 6.35. The van der Waals surface area contributed by atoms with Crippen molar-refractivity contribution in [2.24, 2.45) is 5.73 Å². The number of rotatable bonds is 2. The Morgan fingerprint density at radius 2 is 2.12 bits per heavy atom. The lowest BCUT2D eigenvalue weighted by Crippen LogP contribution is -2.44. The van der Waals surface area contributed by atoms with E-state index in [2.05, 4.69) is 6.92 Å². The van der Waals surface area contributed by atoms with Crippen LogP contribution in [0.1, 0.15) is 45.4 Å². The highest BCUT2D eigenvalue weighted by molar-refractivity contribution is 5.81. The fourth-order valence-electron chi connectivity index (χ4n) is 2.85. The van der Waals surface area contributed by atoms with Crippen molar-refractivity contribution in [1.29, 1.82) is 0 Å². The van der Waals surface area contributed by atoms with E-state index in [4.69, 9.17) is 10.5 Å². The highest BCUT2D eigenvalue weighted by Gasteiger charge is 2.34. The summed E-state index contributed by atoms with van der Waals surface area (Å²) >= 11 is 0. The molecule has 17 heavy (non-hydrogen) atoms. The topological polar surface area (TPSA) is 55.6 Å². The number of hydrogen-bond donors (Lipinski definition) is 1. The van der Waals surface area contributed by atoms with Crippen LogP contribution < -0.4 is 5.73 Å². The Labute approximate surface area is 103 Å². The zero-order valence-corrected chi connectivity index (χ0v) is 10.7. The van der Waals surface area contributed by atoms with Gasteiger partial charge in [-0.2, -0.15) is 0 Å². The van der Waals surface area contributed by atoms with Gasteiger partial charge in [0.05, 0.1) is 6.10 Å². The Morgan fingerprint density at radius 3 is 2.82 bits per heavy atom. The summed E-state index contributed by atoms with van der Waals surface area (Å²) in [6, 6.07) is 0.366. The van der Waals surface area contributed by atoms with Gasteiger partial charge in [-0.05, 0) is 32.6 Å². The van der Waals surface area contributed by atoms with Crippen LogP contribution in [0.25, 0.3) is 0 Å². The highest BCUT2D eigenvalue weighted by Crippen LogP contribution is 2.24. The van der Waals surface area contributed by atoms with Crippen molar-refractivity contribution in [3.8, 4) is 0 Å². The second kappa shape index (κ2) is 5.83. The molecule has 0 aromatic carbocycles. The van der Waals surface area contributed by atoms with E-state index in [0.29, 0.717) is 12.6 Å². The molecule has 98 valence electrons. The Balaban J connectivity index is 1.94. The molecule has 2 N–H and O–H groups in total. The molecule has 4 heteroatoms. The van der Waals surface area contributed by atoms with E-state index in [1.54, 1.807) is 0 Å². The summed E-state index contributed by atoms with van der Waals surface area (Å²) in [5, 5.41) is 0. The molecule has 0 aromatic heterocycles. The van der Waals surface area contributed by atoms with E-state index in [-0.39, 0.29) is 18.1 Å². The van der Waals surface area contributed by atoms with Crippen LogP contribution in [0.4, 0.5) is 0 Å². The van der Waals surface area contributed by atoms with E-state index in [1.165, 1.54) is 12.8 Å². The van der Waals surface area contributed by atoms with Crippen LogP contribution in [0, 0.1) is 0 Å². The normalized spacial score (nSPS) is 34.7. The summed E-state index contributed by atoms with van der Waals surface area (Å²) in [6.45, 7) is 3.57. The molecule has 2 fully saturated rings. The van der Waals surface area contributed by atoms with Crippen LogP contribution in [0.2, 0.25) is 0 Å². The van der Waals surface area contributed by atoms with Gasteiger partial charge in [-0.15, -0.1) is 0 Å². The molecule has 1 unspecified atom stereocenters. The Morgan fingerprint density at radius 1 is 1.29 bits per heavy atom. The molecule has 2 aliphatic heterocycles. The molecule has 0 spiro atoms. The first-order valence-electron chi connectivity index (χ1n) is 6.88. The van der Waals surface area contributed by atoms with Crippen molar-refractivity contribution >= 4 is 5.91 Å². The van der Waals surface area contributed by atoms with E-state index < -0.39 is 0 Å². The van der Waals surface area contributed by atoms with Crippen LogP contribution in [0.3, 0.4) is 0 Å². The molecule has 2 saturated heterocycles. The molecule has 2 aliphatic rings. The minimum Gasteiger partial charge on any atom is -0.364 e. The molecule has 2 heterocycles. The Bertz CT molecular complexity index is 270. The standard InChI is InChI=1S/C13H24N2O2/c1-10-5-3-2-4-8-15(10)13(16)12-7-6-11(9-14)17-12/h10-12H,2-9,14H2,1H3/t10?,11-,12+/m1/s1. The van der Waals surface area contributed by atoms with Gasteiger partial charge in [0.15, 0.2) is 0 Å². The zero-order valence-electron chi connectivity index (χ0n) is 10.7. The summed E-state index contributed by atoms with van der Waals surface area (Å²) in [7, 11) is 0. The Kier molecular flexibility index (Phi) is 4.40. The molecule has 0 radical (unpaired) electrons. The molecule has 0 bridgehead atoms. The lowest BCUT2D eigenvalue weighted by Gasteiger charge is -2.29. The maximum atomic E-state index is 12.4. The summed E-state index contributed by atoms with van der Waals surface area (Å²) < 4.78 is 5.70. The van der Waals surface area contributed by atoms with Gasteiger partial charge in [-0.1, -0.05) is 12.8 Å². The lowest BCUT2D eigenvalue weighted by molar-refractivity contribution is -0.144. The van der Waals surface area contributed by atoms with Gasteiger partial charge in [-0.25, -0.2) is 0 Å². The lowest BCUT2D eigenvalue weighted by atomic mass is 10.1. The SMILES string of the molecule is CC1CCCCCN1C(=O)[C@@H]1CC[C@H](CN)O1. The van der Waals surface area contributed by atoms with Crippen molar-refractivity contribution in [3.05, 3.63) is 0 Å². The second-order valence-electron chi connectivity index (χ2n) is 5.29. The minimum absolute atomic E-state index is 0.0891. The van der Waals surface area contributed by atoms with Crippen molar-refractivity contribution < 1.29 is 9.53 Å². The number of nitrogens with zero attached hydrogens (tertiary/aromatic N) is 1. The van der Waals surface area contributed by atoms with Crippen LogP contribution in [-0.4, -0.2) is 42.1 Å². The second-order valence-corrected chi connectivity index (χ2v) is 5.29. The molecule has 0 aliphatic carbocycles. The highest BCUT2D eigenvalue weighted by atomic mass is 16.5. The van der Waals surface area contributed by atoms with Gasteiger partial charge < -0.3 is 15.4 Å². The molecule has 4 nitrogen and oxygen atoms in total. The monoisotopic (exact) mass is 240 g/mol. The third-order valence-electron chi connectivity index (χ3n) is 3.98. The molecule has 1 amide bonds. The largest absolute Gasteiger partial charge is 0.364 e. The number of likely N-dealkylation sites (tertiary alicyclic amines) is 1. The average molecular weight is 240 g/mol. The minimum atomic E-state index is -0.232. The molecule has 0 aromatic rings. The van der Waals surface area contributed by atoms with E-state index >= 15 is 0 Å². The van der Waals surface area contributed by atoms with Gasteiger partial charge >= 0.3 is 0 Å².